The van der Waals surface area contributed by atoms with Crippen molar-refractivity contribution in [2.45, 2.75) is 6.92 Å². The van der Waals surface area contributed by atoms with Crippen LogP contribution in [0.15, 0.2) is 125 Å². The Bertz CT molecular complexity index is 1540. The molecule has 0 saturated heterocycles. The van der Waals surface area contributed by atoms with E-state index in [1.165, 1.54) is 6.92 Å². The van der Waals surface area contributed by atoms with Crippen LogP contribution in [0, 0.1) is 0 Å². The molecule has 0 aliphatic rings. The fraction of sp³-hybridized carbons (Fsp3) is 0.0667. The van der Waals surface area contributed by atoms with Gasteiger partial charge in [-0.25, -0.2) is 0 Å². The van der Waals surface area contributed by atoms with Gasteiger partial charge in [-0.2, -0.15) is 0 Å². The molecule has 0 aliphatic heterocycles. The second-order valence-corrected chi connectivity index (χ2v) is 11.4. The van der Waals surface area contributed by atoms with Crippen molar-refractivity contribution in [1.29, 1.82) is 0 Å². The van der Waals surface area contributed by atoms with Gasteiger partial charge in [-0.3, -0.25) is 14.3 Å². The lowest BCUT2D eigenvalue weighted by Gasteiger charge is -2.27. The predicted molar refractivity (Wildman–Crippen MR) is 146 cm³/mol. The van der Waals surface area contributed by atoms with Gasteiger partial charge in [-0.05, 0) is 13.0 Å². The summed E-state index contributed by atoms with van der Waals surface area (Å²) < 4.78 is 7.07. The summed E-state index contributed by atoms with van der Waals surface area (Å²) in [6, 6.07) is 38.2. The number of Topliss-reactive ketones (excluding diaryl/α,β-unsaturated/α-hetero) is 1. The summed E-state index contributed by atoms with van der Waals surface area (Å²) in [7, 11) is -0.953. The zero-order valence-corrected chi connectivity index (χ0v) is 20.5. The Morgan fingerprint density at radius 1 is 0.686 bits per heavy atom. The number of carbonyl (C=O) groups is 1. The molecule has 0 fully saturated rings. The SMILES string of the molecule is CC(=O)c1c(N=P(c2ccccc2)(c2ccccc2)c2ccccc2)c2ccccc2n(C)c1=O. The molecule has 4 aromatic carbocycles. The first-order valence-electron chi connectivity index (χ1n) is 11.5. The topological polar surface area (TPSA) is 51.4 Å². The largest absolute Gasteiger partial charge is 0.311 e. The van der Waals surface area contributed by atoms with Gasteiger partial charge < -0.3 is 4.57 Å². The molecule has 172 valence electrons. The second kappa shape index (κ2) is 9.32. The third-order valence-electron chi connectivity index (χ3n) is 6.27. The molecule has 0 radical (unpaired) electrons. The van der Waals surface area contributed by atoms with Crippen LogP contribution in [0.4, 0.5) is 5.69 Å². The molecule has 0 bridgehead atoms. The maximum absolute atomic E-state index is 13.4. The van der Waals surface area contributed by atoms with Crippen LogP contribution in [-0.2, 0) is 7.05 Å². The van der Waals surface area contributed by atoms with Crippen molar-refractivity contribution in [3.05, 3.63) is 131 Å². The minimum absolute atomic E-state index is 0.123. The van der Waals surface area contributed by atoms with Crippen LogP contribution in [0.5, 0.6) is 0 Å². The van der Waals surface area contributed by atoms with E-state index in [2.05, 4.69) is 36.4 Å². The Morgan fingerprint density at radius 2 is 1.11 bits per heavy atom. The van der Waals surface area contributed by atoms with E-state index in [-0.39, 0.29) is 16.9 Å². The van der Waals surface area contributed by atoms with Crippen LogP contribution in [0.25, 0.3) is 10.9 Å². The van der Waals surface area contributed by atoms with Crippen molar-refractivity contribution in [3.8, 4) is 0 Å². The monoisotopic (exact) mass is 476 g/mol. The minimum atomic E-state index is -2.66. The number of hydrogen-bond acceptors (Lipinski definition) is 3. The lowest BCUT2D eigenvalue weighted by Crippen LogP contribution is -2.26. The van der Waals surface area contributed by atoms with Gasteiger partial charge in [0.2, 0.25) is 0 Å². The van der Waals surface area contributed by atoms with Crippen molar-refractivity contribution >= 4 is 45.3 Å². The lowest BCUT2D eigenvalue weighted by molar-refractivity contribution is 0.101. The Labute approximate surface area is 204 Å². The van der Waals surface area contributed by atoms with E-state index in [0.29, 0.717) is 5.69 Å². The van der Waals surface area contributed by atoms with E-state index in [1.807, 2.05) is 78.9 Å². The van der Waals surface area contributed by atoms with Gasteiger partial charge in [0.1, 0.15) is 5.56 Å². The van der Waals surface area contributed by atoms with Crippen LogP contribution < -0.4 is 21.5 Å². The summed E-state index contributed by atoms with van der Waals surface area (Å²) in [4.78, 5) is 26.4. The normalized spacial score (nSPS) is 11.4. The molecule has 5 aromatic rings. The number of nitrogens with zero attached hydrogens (tertiary/aromatic N) is 2. The number of hydrogen-bond donors (Lipinski definition) is 0. The van der Waals surface area contributed by atoms with Gasteiger partial charge in [0.25, 0.3) is 5.56 Å². The van der Waals surface area contributed by atoms with E-state index < -0.39 is 7.05 Å². The first kappa shape index (κ1) is 22.8. The third-order valence-corrected chi connectivity index (χ3v) is 9.90. The van der Waals surface area contributed by atoms with Gasteiger partial charge in [-0.1, -0.05) is 109 Å². The fourth-order valence-electron chi connectivity index (χ4n) is 4.60. The molecule has 0 aliphatic carbocycles. The molecule has 0 amide bonds. The number of fused-ring (bicyclic) bond motifs is 1. The molecule has 0 unspecified atom stereocenters. The smallest absolute Gasteiger partial charge is 0.263 e. The number of para-hydroxylation sites is 1. The minimum Gasteiger partial charge on any atom is -0.311 e. The highest BCUT2D eigenvalue weighted by Crippen LogP contribution is 2.50. The van der Waals surface area contributed by atoms with Crippen LogP contribution in [-0.4, -0.2) is 10.4 Å². The van der Waals surface area contributed by atoms with Crippen molar-refractivity contribution in [3.63, 3.8) is 0 Å². The average Bonchev–Trinajstić information content (AvgIpc) is 2.91. The van der Waals surface area contributed by atoms with Crippen LogP contribution in [0.3, 0.4) is 0 Å². The van der Waals surface area contributed by atoms with Crippen molar-refractivity contribution < 1.29 is 4.79 Å². The first-order valence-corrected chi connectivity index (χ1v) is 13.2. The van der Waals surface area contributed by atoms with Crippen molar-refractivity contribution in [2.24, 2.45) is 11.8 Å². The standard InChI is InChI=1S/C30H25N2O2P/c1-22(33)28-29(26-20-12-13-21-27(26)32(2)30(28)34)31-35(23-14-6-3-7-15-23,24-16-8-4-9-17-24)25-18-10-5-11-19-25/h3-21H,1-2H3. The molecule has 4 nitrogen and oxygen atoms in total. The molecule has 0 atom stereocenters. The number of rotatable bonds is 5. The van der Waals surface area contributed by atoms with E-state index >= 15 is 0 Å². The lowest BCUT2D eigenvalue weighted by atomic mass is 10.1. The molecule has 0 spiro atoms. The summed E-state index contributed by atoms with van der Waals surface area (Å²) >= 11 is 0. The summed E-state index contributed by atoms with van der Waals surface area (Å²) in [6.45, 7) is 1.44. The summed E-state index contributed by atoms with van der Waals surface area (Å²) in [5.41, 5.74) is 0.996. The number of aryl methyl sites for hydroxylation is 1. The first-order chi connectivity index (χ1) is 17.0. The van der Waals surface area contributed by atoms with E-state index in [1.54, 1.807) is 11.6 Å². The zero-order chi connectivity index (χ0) is 24.4. The zero-order valence-electron chi connectivity index (χ0n) is 19.6. The van der Waals surface area contributed by atoms with E-state index in [0.717, 1.165) is 26.8 Å². The molecule has 0 N–H and O–H groups in total. The van der Waals surface area contributed by atoms with Crippen LogP contribution in [0.1, 0.15) is 17.3 Å². The van der Waals surface area contributed by atoms with Crippen molar-refractivity contribution in [1.82, 2.24) is 4.57 Å². The molecule has 0 saturated carbocycles. The summed E-state index contributed by atoms with van der Waals surface area (Å²) in [5.74, 6) is -0.289. The molecule has 1 heterocycles. The number of pyridine rings is 1. The molecular formula is C30H25N2O2P. The molecule has 35 heavy (non-hydrogen) atoms. The van der Waals surface area contributed by atoms with Gasteiger partial charge in [0.15, 0.2) is 5.78 Å². The molecular weight excluding hydrogens is 451 g/mol. The average molecular weight is 477 g/mol. The highest BCUT2D eigenvalue weighted by molar-refractivity contribution is 7.87. The van der Waals surface area contributed by atoms with E-state index in [4.69, 9.17) is 4.74 Å². The second-order valence-electron chi connectivity index (χ2n) is 8.40. The molecule has 5 rings (SSSR count). The third kappa shape index (κ3) is 3.86. The Morgan fingerprint density at radius 3 is 1.57 bits per heavy atom. The van der Waals surface area contributed by atoms with E-state index in [9.17, 15) is 9.59 Å². The van der Waals surface area contributed by atoms with Crippen LogP contribution in [0.2, 0.25) is 0 Å². The predicted octanol–water partition coefficient (Wildman–Crippen LogP) is 5.55. The summed E-state index contributed by atoms with van der Waals surface area (Å²) in [5, 5.41) is 3.94. The maximum atomic E-state index is 13.4. The fourth-order valence-corrected chi connectivity index (χ4v) is 8.16. The number of carbonyl (C=O) groups excluding carboxylic acids is 1. The Hall–Kier alpha value is -4.01. The highest BCUT2D eigenvalue weighted by Gasteiger charge is 2.29. The van der Waals surface area contributed by atoms with Crippen LogP contribution >= 0.6 is 7.05 Å². The van der Waals surface area contributed by atoms with Gasteiger partial charge in [-0.15, -0.1) is 0 Å². The maximum Gasteiger partial charge on any atom is 0.263 e. The van der Waals surface area contributed by atoms with Crippen molar-refractivity contribution in [2.75, 3.05) is 0 Å². The van der Waals surface area contributed by atoms with Gasteiger partial charge in [0, 0.05) is 28.3 Å². The number of aromatic nitrogens is 1. The molecule has 5 heteroatoms. The Kier molecular flexibility index (Phi) is 6.07. The number of ketones is 1. The summed E-state index contributed by atoms with van der Waals surface area (Å²) in [6.07, 6.45) is 0. The van der Waals surface area contributed by atoms with Gasteiger partial charge in [0.05, 0.1) is 18.3 Å². The number of benzene rings is 4. The highest BCUT2D eigenvalue weighted by atomic mass is 31.2. The molecule has 1 aromatic heterocycles. The Balaban J connectivity index is 2.07. The van der Waals surface area contributed by atoms with Gasteiger partial charge >= 0.3 is 0 Å². The quantitative estimate of drug-likeness (QED) is 0.247.